The quantitative estimate of drug-likeness (QED) is 0.431. The van der Waals surface area contributed by atoms with Gasteiger partial charge < -0.3 is 19.9 Å². The van der Waals surface area contributed by atoms with E-state index in [2.05, 4.69) is 5.32 Å². The monoisotopic (exact) mass is 401 g/mol. The van der Waals surface area contributed by atoms with Gasteiger partial charge in [0, 0.05) is 11.1 Å². The molecule has 0 saturated heterocycles. The van der Waals surface area contributed by atoms with E-state index in [0.717, 1.165) is 16.7 Å². The van der Waals surface area contributed by atoms with E-state index >= 15 is 0 Å². The number of phenols is 1. The van der Waals surface area contributed by atoms with Crippen LogP contribution in [0.2, 0.25) is 0 Å². The van der Waals surface area contributed by atoms with Crippen LogP contribution in [0.3, 0.4) is 0 Å². The largest absolute Gasteiger partial charge is 0.508 e. The number of aryl methyl sites for hydroxylation is 2. The van der Waals surface area contributed by atoms with Gasteiger partial charge in [-0.1, -0.05) is 36.4 Å². The van der Waals surface area contributed by atoms with E-state index < -0.39 is 17.3 Å². The van der Waals surface area contributed by atoms with Gasteiger partial charge in [-0.3, -0.25) is 4.79 Å². The summed E-state index contributed by atoms with van der Waals surface area (Å²) >= 11 is 0. The van der Waals surface area contributed by atoms with Crippen molar-refractivity contribution < 1.29 is 19.4 Å². The van der Waals surface area contributed by atoms with Crippen LogP contribution in [0.15, 0.2) is 69.9 Å². The molecule has 0 atom stereocenters. The molecule has 0 bridgehead atoms. The molecule has 6 nitrogen and oxygen atoms in total. The third kappa shape index (κ3) is 3.28. The maximum absolute atomic E-state index is 12.8. The average molecular weight is 401 g/mol. The van der Waals surface area contributed by atoms with Crippen LogP contribution < -0.4 is 10.9 Å². The molecule has 6 heteroatoms. The molecule has 150 valence electrons. The lowest BCUT2D eigenvalue weighted by atomic mass is 9.98. The highest BCUT2D eigenvalue weighted by atomic mass is 16.4. The Bertz CT molecular complexity index is 1340. The minimum absolute atomic E-state index is 0.0602. The minimum atomic E-state index is -0.905. The number of fused-ring (bicyclic) bond motifs is 1. The molecule has 1 amide bonds. The predicted octanol–water partition coefficient (Wildman–Crippen LogP) is 4.74. The van der Waals surface area contributed by atoms with Crippen LogP contribution in [0.25, 0.3) is 22.1 Å². The molecule has 3 aromatic carbocycles. The SMILES string of the molecule is Cc1ccc(C(=O)Nc2c(O)c3ccc(O)c(C)c3oc2=O)cc1-c1ccccc1. The number of carbonyl (C=O) groups excluding carboxylic acids is 1. The smallest absolute Gasteiger partial charge is 0.364 e. The van der Waals surface area contributed by atoms with E-state index in [4.69, 9.17) is 4.42 Å². The summed E-state index contributed by atoms with van der Waals surface area (Å²) in [6, 6.07) is 17.7. The molecule has 0 aliphatic rings. The normalized spacial score (nSPS) is 10.9. The molecule has 1 heterocycles. The first kappa shape index (κ1) is 19.3. The zero-order valence-electron chi connectivity index (χ0n) is 16.4. The Morgan fingerprint density at radius 1 is 0.967 bits per heavy atom. The topological polar surface area (TPSA) is 99.8 Å². The van der Waals surface area contributed by atoms with Crippen LogP contribution in [0.5, 0.6) is 11.5 Å². The molecule has 1 aromatic heterocycles. The zero-order valence-corrected chi connectivity index (χ0v) is 16.4. The van der Waals surface area contributed by atoms with Crippen molar-refractivity contribution in [3.63, 3.8) is 0 Å². The molecule has 4 rings (SSSR count). The Labute approximate surface area is 172 Å². The maximum Gasteiger partial charge on any atom is 0.364 e. The van der Waals surface area contributed by atoms with Gasteiger partial charge in [0.05, 0.1) is 5.39 Å². The van der Waals surface area contributed by atoms with Gasteiger partial charge in [0.15, 0.2) is 11.4 Å². The van der Waals surface area contributed by atoms with Gasteiger partial charge in [-0.25, -0.2) is 4.79 Å². The van der Waals surface area contributed by atoms with Crippen molar-refractivity contribution in [1.29, 1.82) is 0 Å². The van der Waals surface area contributed by atoms with E-state index in [1.165, 1.54) is 12.1 Å². The van der Waals surface area contributed by atoms with Crippen LogP contribution in [0, 0.1) is 13.8 Å². The molecule has 30 heavy (non-hydrogen) atoms. The van der Waals surface area contributed by atoms with Crippen molar-refractivity contribution in [2.75, 3.05) is 5.32 Å². The second-order valence-electron chi connectivity index (χ2n) is 7.05. The van der Waals surface area contributed by atoms with E-state index in [1.54, 1.807) is 19.1 Å². The summed E-state index contributed by atoms with van der Waals surface area (Å²) in [4.78, 5) is 25.2. The number of benzene rings is 3. The van der Waals surface area contributed by atoms with Crippen molar-refractivity contribution in [3.05, 3.63) is 87.8 Å². The summed E-state index contributed by atoms with van der Waals surface area (Å²) < 4.78 is 5.24. The summed E-state index contributed by atoms with van der Waals surface area (Å²) in [6.45, 7) is 3.52. The van der Waals surface area contributed by atoms with Crippen LogP contribution in [0.1, 0.15) is 21.5 Å². The molecular weight excluding hydrogens is 382 g/mol. The van der Waals surface area contributed by atoms with E-state index in [0.29, 0.717) is 11.1 Å². The molecule has 3 N–H and O–H groups in total. The molecular formula is C24H19NO5. The first-order valence-electron chi connectivity index (χ1n) is 9.32. The van der Waals surface area contributed by atoms with Crippen LogP contribution in [-0.2, 0) is 0 Å². The first-order valence-corrected chi connectivity index (χ1v) is 9.32. The first-order chi connectivity index (χ1) is 14.4. The van der Waals surface area contributed by atoms with Gasteiger partial charge >= 0.3 is 5.63 Å². The number of amides is 1. The molecule has 0 unspecified atom stereocenters. The van der Waals surface area contributed by atoms with E-state index in [-0.39, 0.29) is 22.4 Å². The lowest BCUT2D eigenvalue weighted by Crippen LogP contribution is -2.18. The van der Waals surface area contributed by atoms with Gasteiger partial charge in [0.1, 0.15) is 11.3 Å². The molecule has 0 radical (unpaired) electrons. The molecule has 0 aliphatic heterocycles. The molecule has 0 spiro atoms. The number of carbonyl (C=O) groups is 1. The Morgan fingerprint density at radius 3 is 2.43 bits per heavy atom. The summed E-state index contributed by atoms with van der Waals surface area (Å²) in [6.07, 6.45) is 0. The number of hydrogen-bond acceptors (Lipinski definition) is 5. The lowest BCUT2D eigenvalue weighted by Gasteiger charge is -2.12. The fourth-order valence-corrected chi connectivity index (χ4v) is 3.36. The number of aromatic hydroxyl groups is 2. The number of nitrogens with one attached hydrogen (secondary N) is 1. The number of phenolic OH excluding ortho intramolecular Hbond substituents is 1. The van der Waals surface area contributed by atoms with Gasteiger partial charge in [-0.2, -0.15) is 0 Å². The average Bonchev–Trinajstić information content (AvgIpc) is 2.75. The van der Waals surface area contributed by atoms with Crippen LogP contribution >= 0.6 is 0 Å². The Balaban J connectivity index is 1.74. The Hall–Kier alpha value is -4.06. The number of rotatable bonds is 3. The third-order valence-corrected chi connectivity index (χ3v) is 5.09. The summed E-state index contributed by atoms with van der Waals surface area (Å²) in [7, 11) is 0. The fourth-order valence-electron chi connectivity index (χ4n) is 3.36. The summed E-state index contributed by atoms with van der Waals surface area (Å²) in [5.41, 5.74) is 2.33. The Kier molecular flexibility index (Phi) is 4.75. The van der Waals surface area contributed by atoms with Gasteiger partial charge in [0.2, 0.25) is 0 Å². The van der Waals surface area contributed by atoms with Crippen molar-refractivity contribution in [2.45, 2.75) is 13.8 Å². The molecule has 4 aromatic rings. The van der Waals surface area contributed by atoms with Crippen molar-refractivity contribution >= 4 is 22.6 Å². The number of anilines is 1. The van der Waals surface area contributed by atoms with Crippen LogP contribution in [0.4, 0.5) is 5.69 Å². The minimum Gasteiger partial charge on any atom is -0.508 e. The van der Waals surface area contributed by atoms with E-state index in [1.807, 2.05) is 43.3 Å². The third-order valence-electron chi connectivity index (χ3n) is 5.09. The van der Waals surface area contributed by atoms with Crippen molar-refractivity contribution in [3.8, 4) is 22.6 Å². The van der Waals surface area contributed by atoms with Crippen molar-refractivity contribution in [1.82, 2.24) is 0 Å². The summed E-state index contributed by atoms with van der Waals surface area (Å²) in [5, 5.41) is 23.0. The van der Waals surface area contributed by atoms with Crippen LogP contribution in [-0.4, -0.2) is 16.1 Å². The maximum atomic E-state index is 12.8. The fraction of sp³-hybridized carbons (Fsp3) is 0.0833. The van der Waals surface area contributed by atoms with Gasteiger partial charge in [-0.05, 0) is 54.8 Å². The highest BCUT2D eigenvalue weighted by molar-refractivity contribution is 6.07. The zero-order chi connectivity index (χ0) is 21.4. The number of hydrogen-bond donors (Lipinski definition) is 3. The van der Waals surface area contributed by atoms with Gasteiger partial charge in [-0.15, -0.1) is 0 Å². The highest BCUT2D eigenvalue weighted by Gasteiger charge is 2.19. The highest BCUT2D eigenvalue weighted by Crippen LogP contribution is 2.35. The molecule has 0 aliphatic carbocycles. The Morgan fingerprint density at radius 2 is 1.70 bits per heavy atom. The molecule has 0 saturated carbocycles. The lowest BCUT2D eigenvalue weighted by molar-refractivity contribution is 0.102. The van der Waals surface area contributed by atoms with Crippen molar-refractivity contribution in [2.24, 2.45) is 0 Å². The van der Waals surface area contributed by atoms with E-state index in [9.17, 15) is 19.8 Å². The summed E-state index contributed by atoms with van der Waals surface area (Å²) in [5.74, 6) is -1.02. The van der Waals surface area contributed by atoms with Gasteiger partial charge in [0.25, 0.3) is 5.91 Å². The second-order valence-corrected chi connectivity index (χ2v) is 7.05. The molecule has 0 fully saturated rings. The predicted molar refractivity (Wildman–Crippen MR) is 115 cm³/mol. The second kappa shape index (κ2) is 7.40. The standard InChI is InChI=1S/C24H19NO5/c1-13-8-9-16(12-18(13)15-6-4-3-5-7-15)23(28)25-20-21(27)17-10-11-19(26)14(2)22(17)30-24(20)29/h3-12,26-27H,1-2H3,(H,25,28).